The third kappa shape index (κ3) is 4.81. The molecule has 0 saturated carbocycles. The summed E-state index contributed by atoms with van der Waals surface area (Å²) in [6.45, 7) is 4.72. The van der Waals surface area contributed by atoms with Crippen LogP contribution < -0.4 is 14.2 Å². The van der Waals surface area contributed by atoms with Gasteiger partial charge in [0.15, 0.2) is 18.1 Å². The predicted molar refractivity (Wildman–Crippen MR) is 109 cm³/mol. The molecule has 2 aromatic carbocycles. The van der Waals surface area contributed by atoms with Crippen molar-refractivity contribution in [3.63, 3.8) is 0 Å². The first kappa shape index (κ1) is 19.5. The first-order chi connectivity index (χ1) is 14.1. The van der Waals surface area contributed by atoms with Gasteiger partial charge < -0.3 is 24.2 Å². The average molecular weight is 398 g/mol. The van der Waals surface area contributed by atoms with E-state index in [0.717, 1.165) is 67.3 Å². The van der Waals surface area contributed by atoms with Crippen molar-refractivity contribution in [1.29, 1.82) is 0 Å². The fraction of sp³-hybridized carbons (Fsp3) is 0.409. The number of carboxylic acid groups (broad SMARTS) is 1. The Morgan fingerprint density at radius 1 is 1.03 bits per heavy atom. The van der Waals surface area contributed by atoms with E-state index < -0.39 is 5.97 Å². The van der Waals surface area contributed by atoms with Gasteiger partial charge >= 0.3 is 5.97 Å². The minimum atomic E-state index is -0.979. The van der Waals surface area contributed by atoms with E-state index in [1.807, 2.05) is 30.3 Å². The quantitative estimate of drug-likeness (QED) is 0.802. The average Bonchev–Trinajstić information content (AvgIpc) is 3.09. The lowest BCUT2D eigenvalue weighted by molar-refractivity contribution is -0.139. The van der Waals surface area contributed by atoms with Gasteiger partial charge in [-0.3, -0.25) is 4.90 Å². The van der Waals surface area contributed by atoms with Gasteiger partial charge in [-0.25, -0.2) is 4.79 Å². The highest BCUT2D eigenvalue weighted by atomic mass is 16.7. The molecule has 0 amide bonds. The van der Waals surface area contributed by atoms with Gasteiger partial charge in [0, 0.05) is 25.2 Å². The van der Waals surface area contributed by atoms with Crippen LogP contribution in [0.25, 0.3) is 11.1 Å². The molecule has 0 atom stereocenters. The van der Waals surface area contributed by atoms with Crippen LogP contribution in [0, 0.1) is 0 Å². The lowest BCUT2D eigenvalue weighted by Gasteiger charge is -2.22. The fourth-order valence-corrected chi connectivity index (χ4v) is 3.74. The van der Waals surface area contributed by atoms with Crippen LogP contribution >= 0.6 is 0 Å². The summed E-state index contributed by atoms with van der Waals surface area (Å²) in [5.41, 5.74) is 3.05. The van der Waals surface area contributed by atoms with Crippen molar-refractivity contribution in [1.82, 2.24) is 9.80 Å². The molecule has 7 heteroatoms. The summed E-state index contributed by atoms with van der Waals surface area (Å²) in [6.07, 6.45) is 1.11. The van der Waals surface area contributed by atoms with E-state index in [0.29, 0.717) is 5.75 Å². The standard InChI is InChI=1S/C22H26N2O5/c1-23-7-2-8-24(10-9-23)13-18-11-16(3-5-19(18)27-14-22(25)26)17-4-6-20-21(12-17)29-15-28-20/h3-6,11-12H,2,7-10,13-15H2,1H3,(H,25,26). The van der Waals surface area contributed by atoms with Gasteiger partial charge in [-0.1, -0.05) is 12.1 Å². The van der Waals surface area contributed by atoms with Crippen molar-refractivity contribution in [3.8, 4) is 28.4 Å². The number of rotatable bonds is 6. The Hall–Kier alpha value is -2.77. The summed E-state index contributed by atoms with van der Waals surface area (Å²) in [6, 6.07) is 11.8. The highest BCUT2D eigenvalue weighted by Crippen LogP contribution is 2.37. The van der Waals surface area contributed by atoms with Crippen LogP contribution in [-0.4, -0.2) is 67.5 Å². The number of benzene rings is 2. The summed E-state index contributed by atoms with van der Waals surface area (Å²) >= 11 is 0. The van der Waals surface area contributed by atoms with E-state index in [-0.39, 0.29) is 13.4 Å². The molecule has 4 rings (SSSR count). The highest BCUT2D eigenvalue weighted by Gasteiger charge is 2.18. The number of hydrogen-bond acceptors (Lipinski definition) is 6. The Balaban J connectivity index is 1.60. The second kappa shape index (κ2) is 8.71. The zero-order chi connectivity index (χ0) is 20.2. The molecule has 154 valence electrons. The maximum Gasteiger partial charge on any atom is 0.341 e. The molecule has 0 radical (unpaired) electrons. The number of carbonyl (C=O) groups is 1. The minimum Gasteiger partial charge on any atom is -0.482 e. The lowest BCUT2D eigenvalue weighted by atomic mass is 10.0. The van der Waals surface area contributed by atoms with E-state index in [2.05, 4.69) is 22.9 Å². The van der Waals surface area contributed by atoms with Crippen molar-refractivity contribution in [2.45, 2.75) is 13.0 Å². The van der Waals surface area contributed by atoms with Crippen LogP contribution in [0.2, 0.25) is 0 Å². The zero-order valence-electron chi connectivity index (χ0n) is 16.6. The minimum absolute atomic E-state index is 0.245. The summed E-state index contributed by atoms with van der Waals surface area (Å²) < 4.78 is 16.5. The number of hydrogen-bond donors (Lipinski definition) is 1. The van der Waals surface area contributed by atoms with Crippen molar-refractivity contribution >= 4 is 5.97 Å². The SMILES string of the molecule is CN1CCCN(Cc2cc(-c3ccc4c(c3)OCO4)ccc2OCC(=O)O)CC1. The van der Waals surface area contributed by atoms with Gasteiger partial charge in [0.1, 0.15) is 5.75 Å². The van der Waals surface area contributed by atoms with E-state index >= 15 is 0 Å². The molecule has 2 aromatic rings. The number of likely N-dealkylation sites (N-methyl/N-ethyl adjacent to an activating group) is 1. The largest absolute Gasteiger partial charge is 0.482 e. The number of fused-ring (bicyclic) bond motifs is 1. The van der Waals surface area contributed by atoms with Crippen LogP contribution in [0.1, 0.15) is 12.0 Å². The Morgan fingerprint density at radius 2 is 1.83 bits per heavy atom. The molecule has 2 heterocycles. The third-order valence-corrected chi connectivity index (χ3v) is 5.32. The molecule has 29 heavy (non-hydrogen) atoms. The van der Waals surface area contributed by atoms with Crippen molar-refractivity contribution in [3.05, 3.63) is 42.0 Å². The summed E-state index contributed by atoms with van der Waals surface area (Å²) in [5.74, 6) is 1.14. The maximum atomic E-state index is 11.0. The Labute approximate surface area is 170 Å². The molecule has 0 aliphatic carbocycles. The molecular weight excluding hydrogens is 372 g/mol. The Kier molecular flexibility index (Phi) is 5.87. The normalized spacial score (nSPS) is 17.1. The van der Waals surface area contributed by atoms with Gasteiger partial charge in [0.2, 0.25) is 6.79 Å². The van der Waals surface area contributed by atoms with Crippen molar-refractivity contribution in [2.24, 2.45) is 0 Å². The first-order valence-corrected chi connectivity index (χ1v) is 9.87. The monoisotopic (exact) mass is 398 g/mol. The van der Waals surface area contributed by atoms with Crippen LogP contribution in [0.3, 0.4) is 0 Å². The second-order valence-corrected chi connectivity index (χ2v) is 7.51. The molecule has 0 aromatic heterocycles. The molecule has 0 spiro atoms. The smallest absolute Gasteiger partial charge is 0.341 e. The number of aliphatic carboxylic acids is 1. The third-order valence-electron chi connectivity index (χ3n) is 5.32. The zero-order valence-corrected chi connectivity index (χ0v) is 16.6. The molecule has 1 N–H and O–H groups in total. The summed E-state index contributed by atoms with van der Waals surface area (Å²) in [4.78, 5) is 15.7. The van der Waals surface area contributed by atoms with E-state index in [1.54, 1.807) is 0 Å². The van der Waals surface area contributed by atoms with Crippen LogP contribution in [-0.2, 0) is 11.3 Å². The van der Waals surface area contributed by atoms with E-state index in [9.17, 15) is 4.79 Å². The molecule has 1 saturated heterocycles. The molecule has 1 fully saturated rings. The lowest BCUT2D eigenvalue weighted by Crippen LogP contribution is -2.28. The summed E-state index contributed by atoms with van der Waals surface area (Å²) in [7, 11) is 2.14. The van der Waals surface area contributed by atoms with Crippen LogP contribution in [0.15, 0.2) is 36.4 Å². The number of carboxylic acids is 1. The van der Waals surface area contributed by atoms with Crippen molar-refractivity contribution in [2.75, 3.05) is 46.6 Å². The summed E-state index contributed by atoms with van der Waals surface area (Å²) in [5, 5.41) is 9.01. The van der Waals surface area contributed by atoms with Crippen LogP contribution in [0.4, 0.5) is 0 Å². The highest BCUT2D eigenvalue weighted by molar-refractivity contribution is 5.70. The van der Waals surface area contributed by atoms with E-state index in [1.165, 1.54) is 0 Å². The molecule has 0 unspecified atom stereocenters. The molecule has 2 aliphatic rings. The van der Waals surface area contributed by atoms with Crippen LogP contribution in [0.5, 0.6) is 17.2 Å². The second-order valence-electron chi connectivity index (χ2n) is 7.51. The topological polar surface area (TPSA) is 71.5 Å². The Bertz CT molecular complexity index is 886. The van der Waals surface area contributed by atoms with Gasteiger partial charge in [-0.05, 0) is 62.0 Å². The number of nitrogens with zero attached hydrogens (tertiary/aromatic N) is 2. The number of ether oxygens (including phenoxy) is 3. The maximum absolute atomic E-state index is 11.0. The fourth-order valence-electron chi connectivity index (χ4n) is 3.74. The van der Waals surface area contributed by atoms with Gasteiger partial charge in [0.25, 0.3) is 0 Å². The molecule has 2 aliphatic heterocycles. The molecule has 7 nitrogen and oxygen atoms in total. The van der Waals surface area contributed by atoms with Gasteiger partial charge in [-0.2, -0.15) is 0 Å². The van der Waals surface area contributed by atoms with Crippen molar-refractivity contribution < 1.29 is 24.1 Å². The molecule has 0 bridgehead atoms. The Morgan fingerprint density at radius 3 is 2.69 bits per heavy atom. The predicted octanol–water partition coefficient (Wildman–Crippen LogP) is 2.68. The molecular formula is C22H26N2O5. The van der Waals surface area contributed by atoms with Gasteiger partial charge in [0.05, 0.1) is 0 Å². The van der Waals surface area contributed by atoms with Gasteiger partial charge in [-0.15, -0.1) is 0 Å². The van der Waals surface area contributed by atoms with E-state index in [4.69, 9.17) is 19.3 Å². The first-order valence-electron chi connectivity index (χ1n) is 9.87.